The molecule has 0 bridgehead atoms. The molecule has 3 aromatic carbocycles. The van der Waals surface area contributed by atoms with Crippen LogP contribution >= 0.6 is 11.6 Å². The van der Waals surface area contributed by atoms with Crippen LogP contribution in [0.15, 0.2) is 76.7 Å². The average Bonchev–Trinajstić information content (AvgIpc) is 3.22. The second kappa shape index (κ2) is 12.7. The molecule has 1 N–H and O–H groups in total. The van der Waals surface area contributed by atoms with Crippen LogP contribution in [-0.4, -0.2) is 45.9 Å². The smallest absolute Gasteiger partial charge is 0.264 e. The summed E-state index contributed by atoms with van der Waals surface area (Å²) >= 11 is 6.18. The van der Waals surface area contributed by atoms with Crippen LogP contribution in [0.25, 0.3) is 5.69 Å². The number of carbonyl (C=O) groups is 1. The summed E-state index contributed by atoms with van der Waals surface area (Å²) in [7, 11) is -1.30. The molecule has 0 saturated heterocycles. The van der Waals surface area contributed by atoms with Crippen LogP contribution in [0.1, 0.15) is 28.1 Å². The lowest BCUT2D eigenvalue weighted by Crippen LogP contribution is -2.39. The van der Waals surface area contributed by atoms with E-state index in [0.29, 0.717) is 16.5 Å². The van der Waals surface area contributed by atoms with E-state index >= 15 is 0 Å². The van der Waals surface area contributed by atoms with Crippen molar-refractivity contribution in [3.05, 3.63) is 99.8 Å². The molecule has 0 saturated carbocycles. The van der Waals surface area contributed by atoms with Crippen molar-refractivity contribution >= 4 is 39.4 Å². The fraction of sp³-hybridized carbons (Fsp3) is 0.226. The Morgan fingerprint density at radius 1 is 0.952 bits per heavy atom. The van der Waals surface area contributed by atoms with Gasteiger partial charge >= 0.3 is 0 Å². The zero-order valence-corrected chi connectivity index (χ0v) is 25.9. The van der Waals surface area contributed by atoms with Crippen molar-refractivity contribution in [2.24, 2.45) is 5.10 Å². The number of hydrogen-bond donors (Lipinski definition) is 1. The SMILES string of the molecule is COc1ccc(S(=O)(=O)N(CC(=O)N/N=C\c2cc(C)n(-c3cccc(Cl)c3)c2C)c2cc(C)cc(C)c2)cc1OC. The van der Waals surface area contributed by atoms with E-state index in [-0.39, 0.29) is 10.6 Å². The largest absolute Gasteiger partial charge is 0.493 e. The van der Waals surface area contributed by atoms with E-state index in [4.69, 9.17) is 21.1 Å². The van der Waals surface area contributed by atoms with Gasteiger partial charge in [-0.2, -0.15) is 5.10 Å². The number of carbonyl (C=O) groups excluding carboxylic acids is 1. The molecule has 1 amide bonds. The molecule has 0 aliphatic rings. The lowest BCUT2D eigenvalue weighted by atomic mass is 10.1. The van der Waals surface area contributed by atoms with Crippen LogP contribution in [0.2, 0.25) is 5.02 Å². The summed E-state index contributed by atoms with van der Waals surface area (Å²) in [6, 6.07) is 19.1. The third-order valence-electron chi connectivity index (χ3n) is 6.65. The van der Waals surface area contributed by atoms with E-state index in [1.54, 1.807) is 12.1 Å². The summed E-state index contributed by atoms with van der Waals surface area (Å²) in [5, 5.41) is 4.76. The maximum atomic E-state index is 13.9. The van der Waals surface area contributed by atoms with Gasteiger partial charge in [0, 0.05) is 33.7 Å². The number of nitrogens with zero attached hydrogens (tertiary/aromatic N) is 3. The van der Waals surface area contributed by atoms with Crippen molar-refractivity contribution in [1.29, 1.82) is 0 Å². The quantitative estimate of drug-likeness (QED) is 0.183. The van der Waals surface area contributed by atoms with Crippen molar-refractivity contribution in [3.63, 3.8) is 0 Å². The lowest BCUT2D eigenvalue weighted by Gasteiger charge is -2.25. The van der Waals surface area contributed by atoms with Crippen molar-refractivity contribution in [1.82, 2.24) is 9.99 Å². The van der Waals surface area contributed by atoms with Crippen LogP contribution in [0, 0.1) is 27.7 Å². The Bertz CT molecular complexity index is 1740. The lowest BCUT2D eigenvalue weighted by molar-refractivity contribution is -0.119. The Hall–Kier alpha value is -4.28. The maximum Gasteiger partial charge on any atom is 0.264 e. The molecule has 0 radical (unpaired) electrons. The number of amides is 1. The van der Waals surface area contributed by atoms with Gasteiger partial charge in [0.1, 0.15) is 6.54 Å². The maximum absolute atomic E-state index is 13.9. The standard InChI is InChI=1S/C31H33ClN4O5S/c1-20-12-21(2)14-27(13-20)35(42(38,39)28-10-11-29(40-5)30(17-28)41-6)19-31(37)34-33-18-24-15-22(3)36(23(24)4)26-9-7-8-25(32)16-26/h7-18H,19H2,1-6H3,(H,34,37)/b33-18-. The normalized spacial score (nSPS) is 11.5. The molecule has 42 heavy (non-hydrogen) atoms. The highest BCUT2D eigenvalue weighted by Crippen LogP contribution is 2.32. The Balaban J connectivity index is 1.61. The number of ether oxygens (including phenoxy) is 2. The van der Waals surface area contributed by atoms with Crippen molar-refractivity contribution < 1.29 is 22.7 Å². The van der Waals surface area contributed by atoms with E-state index in [2.05, 4.69) is 10.5 Å². The number of halogens is 1. The van der Waals surface area contributed by atoms with Crippen LogP contribution < -0.4 is 19.2 Å². The first-order valence-electron chi connectivity index (χ1n) is 13.0. The van der Waals surface area contributed by atoms with Gasteiger partial charge in [-0.3, -0.25) is 9.10 Å². The summed E-state index contributed by atoms with van der Waals surface area (Å²) in [5.41, 5.74) is 8.10. The van der Waals surface area contributed by atoms with Crippen LogP contribution in [-0.2, 0) is 14.8 Å². The van der Waals surface area contributed by atoms with E-state index in [1.165, 1.54) is 38.6 Å². The van der Waals surface area contributed by atoms with Gasteiger partial charge in [-0.05, 0) is 87.4 Å². The fourth-order valence-electron chi connectivity index (χ4n) is 4.78. The number of anilines is 1. The highest BCUT2D eigenvalue weighted by atomic mass is 35.5. The minimum absolute atomic E-state index is 0.0518. The molecule has 1 aromatic heterocycles. The number of aromatic nitrogens is 1. The molecule has 4 rings (SSSR count). The van der Waals surface area contributed by atoms with Gasteiger partial charge < -0.3 is 14.0 Å². The van der Waals surface area contributed by atoms with Crippen molar-refractivity contribution in [3.8, 4) is 17.2 Å². The molecule has 0 spiro atoms. The molecule has 0 unspecified atom stereocenters. The summed E-state index contributed by atoms with van der Waals surface area (Å²) in [5.74, 6) is 0.0256. The molecular weight excluding hydrogens is 576 g/mol. The van der Waals surface area contributed by atoms with E-state index in [1.807, 2.05) is 68.7 Å². The summed E-state index contributed by atoms with van der Waals surface area (Å²) in [6.07, 6.45) is 1.53. The van der Waals surface area contributed by atoms with Crippen LogP contribution in [0.3, 0.4) is 0 Å². The second-order valence-electron chi connectivity index (χ2n) is 9.81. The first-order valence-corrected chi connectivity index (χ1v) is 14.9. The molecule has 1 heterocycles. The van der Waals surface area contributed by atoms with Crippen LogP contribution in [0.5, 0.6) is 11.5 Å². The predicted molar refractivity (Wildman–Crippen MR) is 166 cm³/mol. The zero-order valence-electron chi connectivity index (χ0n) is 24.3. The molecular formula is C31H33ClN4O5S. The van der Waals surface area contributed by atoms with Gasteiger partial charge in [-0.15, -0.1) is 0 Å². The molecule has 0 fully saturated rings. The fourth-order valence-corrected chi connectivity index (χ4v) is 6.39. The van der Waals surface area contributed by atoms with E-state index in [9.17, 15) is 13.2 Å². The van der Waals surface area contributed by atoms with Crippen molar-refractivity contribution in [2.75, 3.05) is 25.1 Å². The van der Waals surface area contributed by atoms with Gasteiger partial charge in [-0.25, -0.2) is 13.8 Å². The molecule has 0 aliphatic heterocycles. The molecule has 0 aliphatic carbocycles. The number of benzene rings is 3. The third kappa shape index (κ3) is 6.61. The number of hydrogen-bond acceptors (Lipinski definition) is 6. The van der Waals surface area contributed by atoms with Gasteiger partial charge in [-0.1, -0.05) is 23.7 Å². The third-order valence-corrected chi connectivity index (χ3v) is 8.66. The van der Waals surface area contributed by atoms with Crippen LogP contribution in [0.4, 0.5) is 5.69 Å². The topological polar surface area (TPSA) is 102 Å². The van der Waals surface area contributed by atoms with Gasteiger partial charge in [0.2, 0.25) is 0 Å². The molecule has 9 nitrogen and oxygen atoms in total. The Labute approximate surface area is 251 Å². The Morgan fingerprint density at radius 2 is 1.64 bits per heavy atom. The molecule has 4 aromatic rings. The minimum Gasteiger partial charge on any atom is -0.493 e. The van der Waals surface area contributed by atoms with E-state index in [0.717, 1.165) is 38.1 Å². The molecule has 11 heteroatoms. The summed E-state index contributed by atoms with van der Waals surface area (Å²) in [4.78, 5) is 13.1. The highest BCUT2D eigenvalue weighted by Gasteiger charge is 2.29. The van der Waals surface area contributed by atoms with E-state index < -0.39 is 22.5 Å². The number of rotatable bonds is 10. The summed E-state index contributed by atoms with van der Waals surface area (Å²) in [6.45, 7) is 7.13. The Morgan fingerprint density at radius 3 is 2.29 bits per heavy atom. The first kappa shape index (κ1) is 30.7. The number of sulfonamides is 1. The average molecular weight is 609 g/mol. The molecule has 220 valence electrons. The number of aryl methyl sites for hydroxylation is 3. The Kier molecular flexibility index (Phi) is 9.28. The van der Waals surface area contributed by atoms with Gasteiger partial charge in [0.25, 0.3) is 15.9 Å². The zero-order chi connectivity index (χ0) is 30.6. The first-order chi connectivity index (χ1) is 19.9. The number of nitrogens with one attached hydrogen (secondary N) is 1. The number of methoxy groups -OCH3 is 2. The minimum atomic E-state index is -4.19. The van der Waals surface area contributed by atoms with Gasteiger partial charge in [0.15, 0.2) is 11.5 Å². The van der Waals surface area contributed by atoms with Gasteiger partial charge in [0.05, 0.1) is 31.0 Å². The monoisotopic (exact) mass is 608 g/mol. The summed E-state index contributed by atoms with van der Waals surface area (Å²) < 4.78 is 41.5. The highest BCUT2D eigenvalue weighted by molar-refractivity contribution is 7.92. The number of hydrazone groups is 1. The van der Waals surface area contributed by atoms with Crippen molar-refractivity contribution in [2.45, 2.75) is 32.6 Å². The predicted octanol–water partition coefficient (Wildman–Crippen LogP) is 5.73. The molecule has 0 atom stereocenters. The second-order valence-corrected chi connectivity index (χ2v) is 12.1.